The van der Waals surface area contributed by atoms with E-state index in [0.29, 0.717) is 17.6 Å². The van der Waals surface area contributed by atoms with Gasteiger partial charge in [0.15, 0.2) is 11.6 Å². The second-order valence-electron chi connectivity index (χ2n) is 17.6. The van der Waals surface area contributed by atoms with Crippen LogP contribution in [0.3, 0.4) is 0 Å². The fourth-order valence-electron chi connectivity index (χ4n) is 10.9. The highest BCUT2D eigenvalue weighted by Crippen LogP contribution is 2.44. The fourth-order valence-corrected chi connectivity index (χ4v) is 10.9. The topological polar surface area (TPSA) is 97.1 Å². The number of fused-ring (bicyclic) bond motifs is 12. The molecular weight excluding hydrogens is 861 g/mol. The van der Waals surface area contributed by atoms with Crippen molar-refractivity contribution < 1.29 is 0 Å². The van der Waals surface area contributed by atoms with Crippen molar-refractivity contribution in [2.75, 3.05) is 0 Å². The highest BCUT2D eigenvalue weighted by molar-refractivity contribution is 6.12. The molecule has 0 spiro atoms. The van der Waals surface area contributed by atoms with E-state index in [2.05, 4.69) is 182 Å². The first-order chi connectivity index (χ1) is 34.8. The van der Waals surface area contributed by atoms with Crippen molar-refractivity contribution in [3.05, 3.63) is 219 Å². The summed E-state index contributed by atoms with van der Waals surface area (Å²) in [4.78, 5) is 31.4. The summed E-state index contributed by atoms with van der Waals surface area (Å²) in [6.45, 7) is 0. The van der Waals surface area contributed by atoms with Crippen molar-refractivity contribution in [1.82, 2.24) is 48.2 Å². The molecule has 0 amide bonds. The second kappa shape index (κ2) is 14.9. The van der Waals surface area contributed by atoms with Crippen LogP contribution in [0.25, 0.3) is 133 Å². The number of aromatic nitrogens is 10. The lowest BCUT2D eigenvalue weighted by Gasteiger charge is -2.23. The maximum absolute atomic E-state index is 5.54. The fraction of sp³-hybridized carbons (Fsp3) is 0. The molecule has 10 heteroatoms. The predicted octanol–water partition coefficient (Wildman–Crippen LogP) is 13.8. The van der Waals surface area contributed by atoms with Crippen LogP contribution in [-0.2, 0) is 0 Å². The highest BCUT2D eigenvalue weighted by atomic mass is 15.2. The van der Waals surface area contributed by atoms with Gasteiger partial charge >= 0.3 is 0 Å². The molecule has 0 aliphatic rings. The molecule has 10 nitrogen and oxygen atoms in total. The van der Waals surface area contributed by atoms with Gasteiger partial charge in [-0.3, -0.25) is 19.5 Å². The Kier molecular flexibility index (Phi) is 8.13. The van der Waals surface area contributed by atoms with Gasteiger partial charge in [-0.1, -0.05) is 121 Å². The third kappa shape index (κ3) is 5.49. The SMILES string of the molecule is c1ccc(-c2nc(-c3cc(-n4c5ccccc5c5ncccc54)c(-n4c5ccccc5c5ncccc54)c(-n4c5ccccc5c5ncccc54)c3)nc(-n3c4ccccc4c4ccccc43)n2)cc1. The molecule has 8 heterocycles. The van der Waals surface area contributed by atoms with E-state index in [-0.39, 0.29) is 0 Å². The Balaban J connectivity index is 1.16. The maximum atomic E-state index is 5.54. The zero-order valence-electron chi connectivity index (χ0n) is 37.3. The number of hydrogen-bond donors (Lipinski definition) is 0. The van der Waals surface area contributed by atoms with Crippen LogP contribution in [0.5, 0.6) is 0 Å². The number of rotatable bonds is 6. The normalized spacial score (nSPS) is 12.0. The number of para-hydroxylation sites is 5. The van der Waals surface area contributed by atoms with Crippen LogP contribution in [0.4, 0.5) is 0 Å². The predicted molar refractivity (Wildman–Crippen MR) is 281 cm³/mol. The van der Waals surface area contributed by atoms with Crippen LogP contribution in [0.1, 0.15) is 0 Å². The van der Waals surface area contributed by atoms with Crippen molar-refractivity contribution in [3.63, 3.8) is 0 Å². The summed E-state index contributed by atoms with van der Waals surface area (Å²) < 4.78 is 9.26. The molecule has 8 aromatic heterocycles. The Morgan fingerprint density at radius 1 is 0.271 bits per heavy atom. The second-order valence-corrected chi connectivity index (χ2v) is 17.6. The minimum atomic E-state index is 0.515. The summed E-state index contributed by atoms with van der Waals surface area (Å²) >= 11 is 0. The number of pyridine rings is 3. The monoisotopic (exact) mass is 896 g/mol. The summed E-state index contributed by atoms with van der Waals surface area (Å²) in [6, 6.07) is 69.7. The molecule has 0 aliphatic carbocycles. The Bertz CT molecular complexity index is 4270. The summed E-state index contributed by atoms with van der Waals surface area (Å²) in [6.07, 6.45) is 5.62. The highest BCUT2D eigenvalue weighted by Gasteiger charge is 2.28. The molecule has 0 N–H and O–H groups in total. The minimum Gasteiger partial charge on any atom is -0.305 e. The van der Waals surface area contributed by atoms with E-state index in [1.165, 1.54) is 0 Å². The Morgan fingerprint density at radius 2 is 0.629 bits per heavy atom. The summed E-state index contributed by atoms with van der Waals surface area (Å²) in [5.74, 6) is 1.59. The van der Waals surface area contributed by atoms with Crippen LogP contribution in [0.2, 0.25) is 0 Å². The van der Waals surface area contributed by atoms with Gasteiger partial charge in [-0.25, -0.2) is 4.98 Å². The molecule has 0 saturated heterocycles. The van der Waals surface area contributed by atoms with Gasteiger partial charge in [-0.2, -0.15) is 9.97 Å². The number of benzene rings is 7. The van der Waals surface area contributed by atoms with E-state index in [1.54, 1.807) is 0 Å². The first-order valence-corrected chi connectivity index (χ1v) is 23.3. The summed E-state index contributed by atoms with van der Waals surface area (Å²) in [5, 5.41) is 5.38. The molecule has 0 aliphatic heterocycles. The van der Waals surface area contributed by atoms with E-state index in [4.69, 9.17) is 29.9 Å². The first kappa shape index (κ1) is 38.3. The van der Waals surface area contributed by atoms with Gasteiger partial charge in [0.05, 0.1) is 77.7 Å². The first-order valence-electron chi connectivity index (χ1n) is 23.3. The largest absolute Gasteiger partial charge is 0.305 e. The van der Waals surface area contributed by atoms with Gasteiger partial charge in [0.25, 0.3) is 0 Å². The molecule has 0 bridgehead atoms. The lowest BCUT2D eigenvalue weighted by molar-refractivity contribution is 0.952. The lowest BCUT2D eigenvalue weighted by atomic mass is 10.1. The molecule has 15 aromatic rings. The smallest absolute Gasteiger partial charge is 0.238 e. The quantitative estimate of drug-likeness (QED) is 0.165. The average Bonchev–Trinajstić information content (AvgIpc) is 4.16. The third-order valence-electron chi connectivity index (χ3n) is 13.8. The molecule has 70 heavy (non-hydrogen) atoms. The van der Waals surface area contributed by atoms with Gasteiger partial charge in [0.2, 0.25) is 5.95 Å². The van der Waals surface area contributed by atoms with Crippen molar-refractivity contribution in [2.45, 2.75) is 0 Å². The van der Waals surface area contributed by atoms with Gasteiger partial charge in [-0.15, -0.1) is 0 Å². The standard InChI is InChI=1S/C60H36N10/c1-2-17-37(18-3-1)58-64-59(66-60(65-58)70-44-24-9-4-19-39(44)40-20-5-10-25-45(40)70)38-35-52(67-46-26-11-6-21-41(46)54-49(67)29-14-32-61-54)57(69-48-28-13-8-23-43(48)56-51(69)31-16-34-63-56)53(36-38)68-47-27-12-7-22-42(47)55-50(68)30-15-33-62-55/h1-36H. The van der Waals surface area contributed by atoms with E-state index in [1.807, 2.05) is 55.0 Å². The molecule has 0 fully saturated rings. The molecule has 0 atom stereocenters. The van der Waals surface area contributed by atoms with Crippen LogP contribution >= 0.6 is 0 Å². The zero-order valence-corrected chi connectivity index (χ0v) is 37.3. The van der Waals surface area contributed by atoms with E-state index >= 15 is 0 Å². The average molecular weight is 897 g/mol. The lowest BCUT2D eigenvalue weighted by Crippen LogP contribution is -2.11. The van der Waals surface area contributed by atoms with E-state index in [9.17, 15) is 0 Å². The molecule has 7 aromatic carbocycles. The number of hydrogen-bond acceptors (Lipinski definition) is 6. The Morgan fingerprint density at radius 3 is 1.10 bits per heavy atom. The van der Waals surface area contributed by atoms with Crippen LogP contribution < -0.4 is 0 Å². The van der Waals surface area contributed by atoms with Gasteiger partial charge < -0.3 is 13.7 Å². The third-order valence-corrected chi connectivity index (χ3v) is 13.8. The maximum Gasteiger partial charge on any atom is 0.238 e. The van der Waals surface area contributed by atoms with Gasteiger partial charge in [0.1, 0.15) is 0 Å². The summed E-state index contributed by atoms with van der Waals surface area (Å²) in [7, 11) is 0. The zero-order chi connectivity index (χ0) is 45.9. The van der Waals surface area contributed by atoms with Crippen LogP contribution in [0.15, 0.2) is 219 Å². The van der Waals surface area contributed by atoms with Gasteiger partial charge in [0, 0.05) is 56.6 Å². The molecule has 15 rings (SSSR count). The minimum absolute atomic E-state index is 0.515. The van der Waals surface area contributed by atoms with Crippen LogP contribution in [0, 0.1) is 0 Å². The summed E-state index contributed by atoms with van der Waals surface area (Å²) in [5.41, 5.74) is 15.1. The Hall–Kier alpha value is -9.80. The van der Waals surface area contributed by atoms with Crippen LogP contribution in [-0.4, -0.2) is 48.2 Å². The van der Waals surface area contributed by atoms with Crippen molar-refractivity contribution in [2.24, 2.45) is 0 Å². The number of nitrogens with zero attached hydrogens (tertiary/aromatic N) is 10. The van der Waals surface area contributed by atoms with E-state index in [0.717, 1.165) is 116 Å². The molecule has 0 radical (unpaired) electrons. The van der Waals surface area contributed by atoms with E-state index < -0.39 is 0 Å². The molecule has 0 unspecified atom stereocenters. The van der Waals surface area contributed by atoms with Crippen molar-refractivity contribution in [1.29, 1.82) is 0 Å². The van der Waals surface area contributed by atoms with Gasteiger partial charge in [-0.05, 0) is 78.9 Å². The van der Waals surface area contributed by atoms with Crippen molar-refractivity contribution >= 4 is 87.6 Å². The van der Waals surface area contributed by atoms with Crippen molar-refractivity contribution in [3.8, 4) is 45.8 Å². The Labute approximate surface area is 398 Å². The molecule has 0 saturated carbocycles. The molecule has 326 valence electrons. The molecular formula is C60H36N10.